The van der Waals surface area contributed by atoms with Gasteiger partial charge in [0.2, 0.25) is 0 Å². The smallest absolute Gasteiger partial charge is 0.337 e. The Kier molecular flexibility index (Phi) is 6.41. The van der Waals surface area contributed by atoms with Crippen LogP contribution in [0.5, 0.6) is 0 Å². The zero-order valence-corrected chi connectivity index (χ0v) is 13.1. The van der Waals surface area contributed by atoms with Crippen molar-refractivity contribution in [3.8, 4) is 0 Å². The number of ether oxygens (including phenoxy) is 2. The molecule has 0 saturated heterocycles. The lowest BCUT2D eigenvalue weighted by Gasteiger charge is -2.18. The number of nitrogens with two attached hydrogens (primary N) is 4. The van der Waals surface area contributed by atoms with Gasteiger partial charge in [0.25, 0.3) is 35.8 Å². The normalized spacial score (nSPS) is 13.2. The molecule has 13 heteroatoms. The van der Waals surface area contributed by atoms with Crippen LogP contribution in [0.4, 0.5) is 0 Å². The van der Waals surface area contributed by atoms with Crippen LogP contribution in [0.3, 0.4) is 0 Å². The van der Waals surface area contributed by atoms with Gasteiger partial charge in [0.15, 0.2) is 0 Å². The highest BCUT2D eigenvalue weighted by atomic mass is 16.6. The molecule has 0 unspecified atom stereocenters. The summed E-state index contributed by atoms with van der Waals surface area (Å²) in [4.78, 5) is 68.0. The molecule has 0 aromatic carbocycles. The lowest BCUT2D eigenvalue weighted by Crippen LogP contribution is -2.44. The molecule has 9 N–H and O–H groups in total. The van der Waals surface area contributed by atoms with Crippen LogP contribution in [0.2, 0.25) is 0 Å². The number of amides is 4. The summed E-state index contributed by atoms with van der Waals surface area (Å²) in [5, 5.41) is 2.42. The van der Waals surface area contributed by atoms with Gasteiger partial charge in [-0.15, -0.1) is 0 Å². The van der Waals surface area contributed by atoms with Gasteiger partial charge in [-0.3, -0.25) is 19.2 Å². The molecule has 0 saturated carbocycles. The van der Waals surface area contributed by atoms with Gasteiger partial charge >= 0.3 is 11.9 Å². The minimum Gasteiger partial charge on any atom is -0.439 e. The van der Waals surface area contributed by atoms with Gasteiger partial charge in [-0.25, -0.2) is 9.59 Å². The zero-order valence-electron chi connectivity index (χ0n) is 13.1. The maximum atomic E-state index is 12.0. The van der Waals surface area contributed by atoms with E-state index in [1.807, 2.05) is 0 Å². The number of rotatable bonds is 8. The van der Waals surface area contributed by atoms with Crippen molar-refractivity contribution in [3.63, 3.8) is 0 Å². The van der Waals surface area contributed by atoms with E-state index in [-0.39, 0.29) is 17.6 Å². The number of hydrogen-bond acceptors (Lipinski definition) is 9. The Bertz CT molecular complexity index is 653. The predicted octanol–water partition coefficient (Wildman–Crippen LogP) is -4.49. The Hall–Kier alpha value is -3.90. The average molecular weight is 369 g/mol. The highest BCUT2D eigenvalue weighted by Gasteiger charge is 2.31. The zero-order chi connectivity index (χ0) is 20.0. The van der Waals surface area contributed by atoms with Gasteiger partial charge < -0.3 is 37.7 Å². The van der Waals surface area contributed by atoms with Gasteiger partial charge in [0, 0.05) is 18.8 Å². The first-order chi connectivity index (χ1) is 12.0. The second-order valence-electron chi connectivity index (χ2n) is 4.86. The third-order valence-electron chi connectivity index (χ3n) is 2.90. The van der Waals surface area contributed by atoms with Crippen molar-refractivity contribution in [2.75, 3.05) is 0 Å². The van der Waals surface area contributed by atoms with Gasteiger partial charge in [-0.2, -0.15) is 0 Å². The van der Waals surface area contributed by atoms with Crippen LogP contribution in [0, 0.1) is 0 Å². The molecule has 0 bridgehead atoms. The minimum atomic E-state index is -2.00. The molecule has 1 rings (SSSR count). The van der Waals surface area contributed by atoms with Crippen molar-refractivity contribution < 1.29 is 38.2 Å². The third kappa shape index (κ3) is 5.05. The van der Waals surface area contributed by atoms with E-state index in [4.69, 9.17) is 22.9 Å². The largest absolute Gasteiger partial charge is 0.439 e. The molecule has 1 aliphatic heterocycles. The SMILES string of the molecule is NC(=O)C(OC(=O)C1=CNC=C(C(=O)OC(C(N)=O)C(N)=O)C1)C(N)=O. The first kappa shape index (κ1) is 20.1. The first-order valence-corrected chi connectivity index (χ1v) is 6.78. The number of carbonyl (C=O) groups excluding carboxylic acids is 6. The summed E-state index contributed by atoms with van der Waals surface area (Å²) < 4.78 is 9.15. The van der Waals surface area contributed by atoms with Crippen LogP contribution in [-0.2, 0) is 38.2 Å². The van der Waals surface area contributed by atoms with Crippen molar-refractivity contribution in [2.45, 2.75) is 18.6 Å². The maximum absolute atomic E-state index is 12.0. The van der Waals surface area contributed by atoms with Gasteiger partial charge in [0.1, 0.15) is 0 Å². The van der Waals surface area contributed by atoms with Crippen LogP contribution < -0.4 is 28.3 Å². The number of esters is 2. The van der Waals surface area contributed by atoms with E-state index >= 15 is 0 Å². The summed E-state index contributed by atoms with van der Waals surface area (Å²) in [7, 11) is 0. The number of carbonyl (C=O) groups is 6. The number of hydrogen-bond donors (Lipinski definition) is 5. The summed E-state index contributed by atoms with van der Waals surface area (Å²) >= 11 is 0. The van der Waals surface area contributed by atoms with Crippen molar-refractivity contribution >= 4 is 35.6 Å². The Morgan fingerprint density at radius 1 is 0.731 bits per heavy atom. The molecule has 0 aromatic rings. The summed E-state index contributed by atoms with van der Waals surface area (Å²) in [6.07, 6.45) is -2.17. The molecule has 0 aromatic heterocycles. The number of primary amides is 4. The molecule has 0 atom stereocenters. The topological polar surface area (TPSA) is 237 Å². The number of dihydropyridines is 1. The lowest BCUT2D eigenvalue weighted by molar-refractivity contribution is -0.157. The van der Waals surface area contributed by atoms with Gasteiger partial charge in [-0.05, 0) is 0 Å². The molecular weight excluding hydrogens is 354 g/mol. The molecule has 4 amide bonds. The molecule has 13 nitrogen and oxygen atoms in total. The van der Waals surface area contributed by atoms with Gasteiger partial charge in [0.05, 0.1) is 11.1 Å². The summed E-state index contributed by atoms with van der Waals surface area (Å²) in [5.41, 5.74) is 19.1. The predicted molar refractivity (Wildman–Crippen MR) is 80.5 cm³/mol. The Morgan fingerprint density at radius 3 is 1.31 bits per heavy atom. The fourth-order valence-corrected chi connectivity index (χ4v) is 1.69. The Morgan fingerprint density at radius 2 is 1.04 bits per heavy atom. The van der Waals surface area contributed by atoms with E-state index in [1.165, 1.54) is 0 Å². The van der Waals surface area contributed by atoms with E-state index in [0.717, 1.165) is 12.4 Å². The van der Waals surface area contributed by atoms with E-state index in [0.29, 0.717) is 0 Å². The highest BCUT2D eigenvalue weighted by molar-refractivity contribution is 6.06. The highest BCUT2D eigenvalue weighted by Crippen LogP contribution is 2.18. The maximum Gasteiger partial charge on any atom is 0.337 e. The first-order valence-electron chi connectivity index (χ1n) is 6.78. The quantitative estimate of drug-likeness (QED) is 0.204. The summed E-state index contributed by atoms with van der Waals surface area (Å²) in [6, 6.07) is 0. The van der Waals surface area contributed by atoms with Crippen LogP contribution in [0.25, 0.3) is 0 Å². The Balaban J connectivity index is 2.80. The standard InChI is InChI=1S/C13H15N5O8/c14-8(19)6(9(15)20)25-12(23)4-1-5(3-18-2-4)13(24)26-7(10(16)21)11(17)22/h2-3,6-7,18H,1H2,(H2,14,19)(H2,15,20)(H2,16,21)(H2,17,22). The molecule has 26 heavy (non-hydrogen) atoms. The molecular formula is C13H15N5O8. The molecule has 0 fully saturated rings. The third-order valence-corrected chi connectivity index (χ3v) is 2.90. The minimum absolute atomic E-state index is 0.207. The van der Waals surface area contributed by atoms with Crippen molar-refractivity contribution in [2.24, 2.45) is 22.9 Å². The summed E-state index contributed by atoms with van der Waals surface area (Å²) in [6.45, 7) is 0. The van der Waals surface area contributed by atoms with Crippen LogP contribution in [0.15, 0.2) is 23.5 Å². The van der Waals surface area contributed by atoms with Gasteiger partial charge in [-0.1, -0.05) is 0 Å². The average Bonchev–Trinajstić information content (AvgIpc) is 2.55. The Labute approximate surface area is 145 Å². The monoisotopic (exact) mass is 369 g/mol. The summed E-state index contributed by atoms with van der Waals surface area (Å²) in [5.74, 6) is -7.46. The van der Waals surface area contributed by atoms with Crippen molar-refractivity contribution in [1.29, 1.82) is 0 Å². The van der Waals surface area contributed by atoms with Crippen molar-refractivity contribution in [3.05, 3.63) is 23.5 Å². The lowest BCUT2D eigenvalue weighted by atomic mass is 10.0. The second-order valence-corrected chi connectivity index (χ2v) is 4.86. The molecule has 0 spiro atoms. The fraction of sp³-hybridized carbons (Fsp3) is 0.231. The van der Waals surface area contributed by atoms with Crippen LogP contribution in [0.1, 0.15) is 6.42 Å². The molecule has 140 valence electrons. The van der Waals surface area contributed by atoms with Crippen LogP contribution >= 0.6 is 0 Å². The molecule has 1 aliphatic rings. The van der Waals surface area contributed by atoms with E-state index in [1.54, 1.807) is 0 Å². The van der Waals surface area contributed by atoms with Crippen LogP contribution in [-0.4, -0.2) is 47.8 Å². The van der Waals surface area contributed by atoms with Crippen molar-refractivity contribution in [1.82, 2.24) is 5.32 Å². The molecule has 0 aliphatic carbocycles. The second kappa shape index (κ2) is 8.27. The molecule has 0 radical (unpaired) electrons. The fourth-order valence-electron chi connectivity index (χ4n) is 1.69. The van der Waals surface area contributed by atoms with E-state index < -0.39 is 47.8 Å². The number of nitrogens with one attached hydrogen (secondary N) is 1. The molecule has 1 heterocycles. The van der Waals surface area contributed by atoms with E-state index in [9.17, 15) is 28.8 Å². The van der Waals surface area contributed by atoms with E-state index in [2.05, 4.69) is 14.8 Å².